The first-order chi connectivity index (χ1) is 17.3. The van der Waals surface area contributed by atoms with Crippen LogP contribution < -0.4 is 0 Å². The largest absolute Gasteiger partial charge is 0.506 e. The van der Waals surface area contributed by atoms with Gasteiger partial charge in [-0.3, -0.25) is 4.79 Å². The van der Waals surface area contributed by atoms with Crippen LogP contribution in [-0.2, 0) is 15.1 Å². The van der Waals surface area contributed by atoms with Crippen molar-refractivity contribution in [1.82, 2.24) is 0 Å². The predicted molar refractivity (Wildman–Crippen MR) is 160 cm³/mol. The van der Waals surface area contributed by atoms with E-state index in [0.29, 0.717) is 23.7 Å². The van der Waals surface area contributed by atoms with Crippen LogP contribution in [0.4, 0.5) is 13.2 Å². The van der Waals surface area contributed by atoms with Crippen molar-refractivity contribution < 1.29 is 32.9 Å². The monoisotopic (exact) mass is 760 g/mol. The van der Waals surface area contributed by atoms with Crippen molar-refractivity contribution >= 4 is 51.2 Å². The molecular formula is C29H37F3I2O4. The number of phenolic OH excluding ortho intramolecular Hbond substituents is 1. The van der Waals surface area contributed by atoms with E-state index in [1.807, 2.05) is 19.9 Å². The number of benzene rings is 2. The molecule has 0 saturated carbocycles. The Morgan fingerprint density at radius 2 is 1.55 bits per heavy atom. The van der Waals surface area contributed by atoms with Gasteiger partial charge in [-0.15, -0.1) is 0 Å². The summed E-state index contributed by atoms with van der Waals surface area (Å²) in [5, 5.41) is 19.7. The first-order valence-electron chi connectivity index (χ1n) is 12.6. The van der Waals surface area contributed by atoms with Crippen LogP contribution in [0.1, 0.15) is 88.5 Å². The number of hydrogen-bond acceptors (Lipinski definition) is 4. The van der Waals surface area contributed by atoms with Crippen LogP contribution in [0.2, 0.25) is 0 Å². The molecule has 0 amide bonds. The molecule has 1 saturated heterocycles. The summed E-state index contributed by atoms with van der Waals surface area (Å²) in [5.74, 6) is 0.461. The molecule has 3 rings (SSSR count). The number of carbonyl (C=O) groups excluding carboxylic acids is 1. The van der Waals surface area contributed by atoms with E-state index in [9.17, 15) is 28.2 Å². The second kappa shape index (κ2) is 12.2. The molecule has 0 spiro atoms. The van der Waals surface area contributed by atoms with Crippen molar-refractivity contribution in [3.8, 4) is 5.75 Å². The van der Waals surface area contributed by atoms with E-state index in [2.05, 4.69) is 71.2 Å². The average molecular weight is 760 g/mol. The summed E-state index contributed by atoms with van der Waals surface area (Å²) in [6.07, 6.45) is -3.86. The summed E-state index contributed by atoms with van der Waals surface area (Å²) in [7, 11) is 0. The van der Waals surface area contributed by atoms with Gasteiger partial charge in [0.15, 0.2) is 5.60 Å². The van der Waals surface area contributed by atoms with Gasteiger partial charge in [0.25, 0.3) is 0 Å². The highest BCUT2D eigenvalue weighted by atomic mass is 127. The van der Waals surface area contributed by atoms with Gasteiger partial charge in [0.05, 0.1) is 12.6 Å². The van der Waals surface area contributed by atoms with Gasteiger partial charge < -0.3 is 14.9 Å². The molecule has 0 bridgehead atoms. The van der Waals surface area contributed by atoms with Crippen LogP contribution in [0.15, 0.2) is 30.3 Å². The van der Waals surface area contributed by atoms with Crippen molar-refractivity contribution in [3.05, 3.63) is 59.7 Å². The van der Waals surface area contributed by atoms with Crippen molar-refractivity contribution in [2.45, 2.75) is 97.4 Å². The van der Waals surface area contributed by atoms with E-state index in [0.717, 1.165) is 31.6 Å². The molecule has 1 fully saturated rings. The van der Waals surface area contributed by atoms with Crippen LogP contribution in [0.3, 0.4) is 0 Å². The number of halogens is 5. The number of phenols is 1. The maximum atomic E-state index is 13.3. The lowest BCUT2D eigenvalue weighted by Gasteiger charge is -2.37. The van der Waals surface area contributed by atoms with E-state index in [-0.39, 0.29) is 6.42 Å². The Hall–Kier alpha value is -1.08. The number of ether oxygens (including phenoxy) is 1. The Bertz CT molecular complexity index is 1120. The summed E-state index contributed by atoms with van der Waals surface area (Å²) < 4.78 is 47.4. The van der Waals surface area contributed by atoms with Crippen LogP contribution in [-0.4, -0.2) is 28.0 Å². The number of hydrogen-bond donors (Lipinski definition) is 2. The number of aryl methyl sites for hydroxylation is 2. The second-order valence-corrected chi connectivity index (χ2v) is 13.3. The standard InChI is InChI=1S/C19H25F3O3.C10H12I2O/c1-6-16(4)10-18(25-15(16)23,11-17(5,24)19(20,21)22)14-8-12(2)7-13(3)9-14;1-3-6(2)7-4-8(11)10(13)9(12)5-7/h7-9,24H,6,10-11H2,1-5H3;4-6,13H,3H2,1-2H3. The van der Waals surface area contributed by atoms with Gasteiger partial charge >= 0.3 is 12.1 Å². The summed E-state index contributed by atoms with van der Waals surface area (Å²) in [5.41, 5.74) is -1.81. The average Bonchev–Trinajstić information content (AvgIpc) is 3.06. The fourth-order valence-electron chi connectivity index (χ4n) is 4.67. The first-order valence-corrected chi connectivity index (χ1v) is 14.8. The third kappa shape index (κ3) is 7.35. The van der Waals surface area contributed by atoms with Gasteiger partial charge in [-0.1, -0.05) is 50.1 Å². The molecular weight excluding hydrogens is 723 g/mol. The summed E-state index contributed by atoms with van der Waals surface area (Å²) in [6.45, 7) is 12.3. The zero-order valence-corrected chi connectivity index (χ0v) is 27.2. The minimum atomic E-state index is -4.82. The van der Waals surface area contributed by atoms with Crippen molar-refractivity contribution in [3.63, 3.8) is 0 Å². The minimum Gasteiger partial charge on any atom is -0.506 e. The number of aliphatic hydroxyl groups is 1. The topological polar surface area (TPSA) is 66.8 Å². The Kier molecular flexibility index (Phi) is 10.6. The third-order valence-corrected chi connectivity index (χ3v) is 9.09. The van der Waals surface area contributed by atoms with Gasteiger partial charge in [-0.2, -0.15) is 13.2 Å². The third-order valence-electron chi connectivity index (χ3n) is 7.45. The van der Waals surface area contributed by atoms with E-state index < -0.39 is 35.2 Å². The molecule has 212 valence electrons. The number of cyclic esters (lactones) is 1. The molecule has 0 aromatic heterocycles. The van der Waals surface area contributed by atoms with Crippen LogP contribution in [0, 0.1) is 26.4 Å². The number of carbonyl (C=O) groups is 1. The molecule has 0 aliphatic carbocycles. The van der Waals surface area contributed by atoms with Gasteiger partial charge in [-0.05, 0) is 115 Å². The fourth-order valence-corrected chi connectivity index (χ4v) is 6.49. The van der Waals surface area contributed by atoms with E-state index in [4.69, 9.17) is 4.74 Å². The van der Waals surface area contributed by atoms with Crippen LogP contribution in [0.25, 0.3) is 0 Å². The van der Waals surface area contributed by atoms with Gasteiger partial charge in [-0.25, -0.2) is 0 Å². The predicted octanol–water partition coefficient (Wildman–Crippen LogP) is 8.68. The maximum Gasteiger partial charge on any atom is 0.417 e. The molecule has 2 aromatic rings. The Balaban J connectivity index is 0.000000328. The zero-order valence-electron chi connectivity index (χ0n) is 22.9. The summed E-state index contributed by atoms with van der Waals surface area (Å²) in [4.78, 5) is 12.4. The smallest absolute Gasteiger partial charge is 0.417 e. The number of aromatic hydroxyl groups is 1. The van der Waals surface area contributed by atoms with Crippen LogP contribution >= 0.6 is 45.2 Å². The lowest BCUT2D eigenvalue weighted by Crippen LogP contribution is -2.48. The van der Waals surface area contributed by atoms with Crippen molar-refractivity contribution in [2.75, 3.05) is 0 Å². The number of esters is 1. The van der Waals surface area contributed by atoms with Crippen molar-refractivity contribution in [1.29, 1.82) is 0 Å². The Morgan fingerprint density at radius 1 is 1.05 bits per heavy atom. The SMILES string of the molecule is CCC(C)c1cc(I)c(O)c(I)c1.CCC1(C)CC(CC(C)(O)C(F)(F)F)(c2cc(C)cc(C)c2)OC1=O. The molecule has 2 N–H and O–H groups in total. The highest BCUT2D eigenvalue weighted by Gasteiger charge is 2.61. The normalized spacial score (nSPS) is 23.8. The highest BCUT2D eigenvalue weighted by molar-refractivity contribution is 14.1. The molecule has 38 heavy (non-hydrogen) atoms. The molecule has 9 heteroatoms. The molecule has 2 aromatic carbocycles. The molecule has 1 aliphatic heterocycles. The number of rotatable bonds is 6. The van der Waals surface area contributed by atoms with Gasteiger partial charge in [0, 0.05) is 12.8 Å². The van der Waals surface area contributed by atoms with Crippen molar-refractivity contribution in [2.24, 2.45) is 5.41 Å². The second-order valence-electron chi connectivity index (χ2n) is 10.9. The van der Waals surface area contributed by atoms with E-state index >= 15 is 0 Å². The number of alkyl halides is 3. The first kappa shape index (κ1) is 33.1. The summed E-state index contributed by atoms with van der Waals surface area (Å²) in [6, 6.07) is 9.48. The molecule has 4 atom stereocenters. The van der Waals surface area contributed by atoms with Gasteiger partial charge in [0.1, 0.15) is 11.4 Å². The lowest BCUT2D eigenvalue weighted by molar-refractivity contribution is -0.268. The molecule has 1 heterocycles. The molecule has 4 unspecified atom stereocenters. The lowest BCUT2D eigenvalue weighted by atomic mass is 9.72. The van der Waals surface area contributed by atoms with E-state index in [1.54, 1.807) is 26.0 Å². The maximum absolute atomic E-state index is 13.3. The molecule has 4 nitrogen and oxygen atoms in total. The quantitative estimate of drug-likeness (QED) is 0.229. The highest BCUT2D eigenvalue weighted by Crippen LogP contribution is 2.53. The fraction of sp³-hybridized carbons (Fsp3) is 0.552. The Labute approximate surface area is 251 Å². The molecule has 1 aliphatic rings. The Morgan fingerprint density at radius 3 is 1.95 bits per heavy atom. The zero-order chi connectivity index (χ0) is 29.3. The van der Waals surface area contributed by atoms with E-state index in [1.165, 1.54) is 5.56 Å². The van der Waals surface area contributed by atoms with Crippen LogP contribution in [0.5, 0.6) is 5.75 Å². The van der Waals surface area contributed by atoms with Gasteiger partial charge in [0.2, 0.25) is 0 Å². The minimum absolute atomic E-state index is 0.102. The summed E-state index contributed by atoms with van der Waals surface area (Å²) >= 11 is 4.34. The molecule has 0 radical (unpaired) electrons.